The third kappa shape index (κ3) is 4.83. The summed E-state index contributed by atoms with van der Waals surface area (Å²) in [5, 5.41) is 19.4. The molecule has 1 atom stereocenters. The summed E-state index contributed by atoms with van der Waals surface area (Å²) in [5.41, 5.74) is 0.825. The van der Waals surface area contributed by atoms with Crippen LogP contribution < -0.4 is 4.74 Å². The Labute approximate surface area is 174 Å². The summed E-state index contributed by atoms with van der Waals surface area (Å²) in [5.74, 6) is -0.464. The van der Waals surface area contributed by atoms with Gasteiger partial charge in [0.05, 0.1) is 0 Å². The van der Waals surface area contributed by atoms with E-state index < -0.39 is 17.6 Å². The number of ether oxygens (including phenoxy) is 2. The number of H-pyrrole nitrogens is 1. The van der Waals surface area contributed by atoms with E-state index in [1.165, 1.54) is 0 Å². The molecule has 2 heterocycles. The number of carbonyl (C=O) groups is 2. The first kappa shape index (κ1) is 21.5. The first-order valence-corrected chi connectivity index (χ1v) is 9.75. The molecule has 1 amide bonds. The molecule has 0 unspecified atom stereocenters. The molecule has 0 aliphatic carbocycles. The summed E-state index contributed by atoms with van der Waals surface area (Å²) in [6, 6.07) is 6.32. The summed E-state index contributed by atoms with van der Waals surface area (Å²) in [6.07, 6.45) is 1.30. The molecule has 1 aromatic carbocycles. The largest absolute Gasteiger partial charge is 0.480 e. The first-order valence-electron chi connectivity index (χ1n) is 9.75. The molecule has 2 aromatic rings. The second-order valence-corrected chi connectivity index (χ2v) is 8.14. The second kappa shape index (κ2) is 8.63. The zero-order valence-corrected chi connectivity index (χ0v) is 17.3. The number of amides is 1. The molecule has 30 heavy (non-hydrogen) atoms. The van der Waals surface area contributed by atoms with Crippen molar-refractivity contribution in [3.8, 4) is 11.8 Å². The van der Waals surface area contributed by atoms with Gasteiger partial charge in [0.2, 0.25) is 0 Å². The van der Waals surface area contributed by atoms with Gasteiger partial charge < -0.3 is 24.5 Å². The highest BCUT2D eigenvalue weighted by Crippen LogP contribution is 2.32. The van der Waals surface area contributed by atoms with Crippen molar-refractivity contribution >= 4 is 23.0 Å². The standard InChI is InChI=1S/C21H26N4O5/c1-21(2,3)30-20(28)25-9-7-24(8-10-25)18(19(26)27)16-13-23-17-5-4-14(12-15(16)17)29-11-6-22/h4-5,12-13,18,23H,7-11H2,1-3H3,(H,26,27)/t18-/m0/s1. The molecule has 1 aliphatic heterocycles. The summed E-state index contributed by atoms with van der Waals surface area (Å²) in [4.78, 5) is 31.0. The molecular weight excluding hydrogens is 388 g/mol. The summed E-state index contributed by atoms with van der Waals surface area (Å²) < 4.78 is 10.8. The molecule has 0 bridgehead atoms. The van der Waals surface area contributed by atoms with Crippen molar-refractivity contribution in [1.29, 1.82) is 5.26 Å². The first-order chi connectivity index (χ1) is 14.2. The summed E-state index contributed by atoms with van der Waals surface area (Å²) in [7, 11) is 0. The zero-order chi connectivity index (χ0) is 21.9. The lowest BCUT2D eigenvalue weighted by Gasteiger charge is -2.38. The van der Waals surface area contributed by atoms with E-state index in [0.717, 1.165) is 10.9 Å². The molecule has 0 saturated carbocycles. The number of carboxylic acid groups (broad SMARTS) is 1. The Kier molecular flexibility index (Phi) is 6.17. The molecule has 1 aliphatic rings. The van der Waals surface area contributed by atoms with Gasteiger partial charge >= 0.3 is 12.1 Å². The zero-order valence-electron chi connectivity index (χ0n) is 17.3. The van der Waals surface area contributed by atoms with E-state index in [1.807, 2.05) is 31.7 Å². The van der Waals surface area contributed by atoms with Crippen molar-refractivity contribution in [2.45, 2.75) is 32.4 Å². The average molecular weight is 414 g/mol. The topological polar surface area (TPSA) is 119 Å². The van der Waals surface area contributed by atoms with Crippen LogP contribution in [-0.4, -0.2) is 70.3 Å². The smallest absolute Gasteiger partial charge is 0.410 e. The number of piperazine rings is 1. The van der Waals surface area contributed by atoms with Gasteiger partial charge in [-0.2, -0.15) is 5.26 Å². The van der Waals surface area contributed by atoms with Crippen molar-refractivity contribution in [3.63, 3.8) is 0 Å². The molecular formula is C21H26N4O5. The number of fused-ring (bicyclic) bond motifs is 1. The molecule has 2 N–H and O–H groups in total. The lowest BCUT2D eigenvalue weighted by atomic mass is 10.0. The van der Waals surface area contributed by atoms with Gasteiger partial charge in [0.1, 0.15) is 23.5 Å². The van der Waals surface area contributed by atoms with Gasteiger partial charge in [0.15, 0.2) is 6.61 Å². The summed E-state index contributed by atoms with van der Waals surface area (Å²) >= 11 is 0. The van der Waals surface area contributed by atoms with Crippen molar-refractivity contribution in [2.75, 3.05) is 32.8 Å². The number of nitrogens with one attached hydrogen (secondary N) is 1. The number of carboxylic acids is 1. The fourth-order valence-corrected chi connectivity index (χ4v) is 3.53. The number of hydrogen-bond acceptors (Lipinski definition) is 6. The van der Waals surface area contributed by atoms with Gasteiger partial charge in [-0.25, -0.2) is 4.79 Å². The van der Waals surface area contributed by atoms with Crippen LogP contribution in [0, 0.1) is 11.3 Å². The lowest BCUT2D eigenvalue weighted by molar-refractivity contribution is -0.144. The minimum Gasteiger partial charge on any atom is -0.480 e. The number of nitriles is 1. The minimum absolute atomic E-state index is 0.0831. The molecule has 1 aromatic heterocycles. The summed E-state index contributed by atoms with van der Waals surface area (Å²) in [6.45, 7) is 6.95. The van der Waals surface area contributed by atoms with Crippen LogP contribution in [0.5, 0.6) is 5.75 Å². The van der Waals surface area contributed by atoms with E-state index in [0.29, 0.717) is 37.5 Å². The SMILES string of the molecule is CC(C)(C)OC(=O)N1CCN([C@H](C(=O)O)c2c[nH]c3ccc(OCC#N)cc23)CC1. The highest BCUT2D eigenvalue weighted by Gasteiger charge is 2.34. The van der Waals surface area contributed by atoms with Crippen molar-refractivity contribution in [1.82, 2.24) is 14.8 Å². The fraction of sp³-hybridized carbons (Fsp3) is 0.476. The quantitative estimate of drug-likeness (QED) is 0.772. The predicted molar refractivity (Wildman–Crippen MR) is 109 cm³/mol. The number of carbonyl (C=O) groups excluding carboxylic acids is 1. The van der Waals surface area contributed by atoms with E-state index in [9.17, 15) is 14.7 Å². The van der Waals surface area contributed by atoms with E-state index in [1.54, 1.807) is 29.3 Å². The molecule has 0 spiro atoms. The monoisotopic (exact) mass is 414 g/mol. The molecule has 3 rings (SSSR count). The maximum absolute atomic E-state index is 12.3. The van der Waals surface area contributed by atoms with Gasteiger partial charge in [-0.15, -0.1) is 0 Å². The molecule has 0 radical (unpaired) electrons. The van der Waals surface area contributed by atoms with Crippen LogP contribution in [0.25, 0.3) is 10.9 Å². The van der Waals surface area contributed by atoms with Gasteiger partial charge in [-0.1, -0.05) is 0 Å². The lowest BCUT2D eigenvalue weighted by Crippen LogP contribution is -2.51. The number of aromatic amines is 1. The Hall–Kier alpha value is -3.25. The van der Waals surface area contributed by atoms with Crippen LogP contribution >= 0.6 is 0 Å². The third-order valence-electron chi connectivity index (χ3n) is 4.85. The molecule has 9 nitrogen and oxygen atoms in total. The van der Waals surface area contributed by atoms with Gasteiger partial charge in [0, 0.05) is 48.8 Å². The van der Waals surface area contributed by atoms with Gasteiger partial charge in [0.25, 0.3) is 0 Å². The Bertz CT molecular complexity index is 964. The maximum atomic E-state index is 12.3. The number of aromatic nitrogens is 1. The number of rotatable bonds is 5. The molecule has 9 heteroatoms. The normalized spacial score (nSPS) is 16.1. The molecule has 1 saturated heterocycles. The van der Waals surface area contributed by atoms with Crippen LogP contribution in [0.2, 0.25) is 0 Å². The Morgan fingerprint density at radius 3 is 2.57 bits per heavy atom. The van der Waals surface area contributed by atoms with E-state index >= 15 is 0 Å². The number of benzene rings is 1. The van der Waals surface area contributed by atoms with Crippen molar-refractivity contribution in [3.05, 3.63) is 30.0 Å². The van der Waals surface area contributed by atoms with Crippen LogP contribution in [0.1, 0.15) is 32.4 Å². The maximum Gasteiger partial charge on any atom is 0.410 e. The van der Waals surface area contributed by atoms with Gasteiger partial charge in [-0.05, 0) is 39.0 Å². The number of hydrogen-bond donors (Lipinski definition) is 2. The van der Waals surface area contributed by atoms with Crippen LogP contribution in [-0.2, 0) is 9.53 Å². The molecule has 1 fully saturated rings. The highest BCUT2D eigenvalue weighted by atomic mass is 16.6. The van der Waals surface area contributed by atoms with Crippen LogP contribution in [0.15, 0.2) is 24.4 Å². The van der Waals surface area contributed by atoms with Gasteiger partial charge in [-0.3, -0.25) is 9.69 Å². The van der Waals surface area contributed by atoms with E-state index in [4.69, 9.17) is 14.7 Å². The molecule has 160 valence electrons. The second-order valence-electron chi connectivity index (χ2n) is 8.14. The van der Waals surface area contributed by atoms with Crippen LogP contribution in [0.3, 0.4) is 0 Å². The Balaban J connectivity index is 1.78. The highest BCUT2D eigenvalue weighted by molar-refractivity contribution is 5.90. The predicted octanol–water partition coefficient (Wildman–Crippen LogP) is 2.75. The van der Waals surface area contributed by atoms with E-state index in [2.05, 4.69) is 4.98 Å². The average Bonchev–Trinajstić information content (AvgIpc) is 3.08. The van der Waals surface area contributed by atoms with E-state index in [-0.39, 0.29) is 12.7 Å². The number of nitrogens with zero attached hydrogens (tertiary/aromatic N) is 3. The van der Waals surface area contributed by atoms with Crippen molar-refractivity contribution < 1.29 is 24.2 Å². The van der Waals surface area contributed by atoms with Crippen LogP contribution in [0.4, 0.5) is 4.79 Å². The Morgan fingerprint density at radius 1 is 1.27 bits per heavy atom. The minimum atomic E-state index is -0.968. The number of aliphatic carboxylic acids is 1. The third-order valence-corrected chi connectivity index (χ3v) is 4.85. The Morgan fingerprint density at radius 2 is 1.97 bits per heavy atom. The van der Waals surface area contributed by atoms with Crippen molar-refractivity contribution in [2.24, 2.45) is 0 Å². The fourth-order valence-electron chi connectivity index (χ4n) is 3.53.